The molecule has 0 unspecified atom stereocenters. The monoisotopic (exact) mass is 496 g/mol. The zero-order valence-corrected chi connectivity index (χ0v) is 20.0. The molecule has 0 spiro atoms. The van der Waals surface area contributed by atoms with Gasteiger partial charge in [0.15, 0.2) is 0 Å². The Hall–Kier alpha value is 0.773. The SMILES string of the molecule is C[N](C)[Hf]([C]1=CC=CC1)([N](C)C)([N](C)C)[Ge]([CH3])([CH3])[CH3]. The van der Waals surface area contributed by atoms with Gasteiger partial charge in [0.05, 0.1) is 0 Å². The molecule has 5 heteroatoms. The molecule has 0 amide bonds. The van der Waals surface area contributed by atoms with Gasteiger partial charge < -0.3 is 0 Å². The molecule has 1 aliphatic carbocycles. The van der Waals surface area contributed by atoms with Crippen molar-refractivity contribution in [1.29, 1.82) is 0 Å². The van der Waals surface area contributed by atoms with Crippen LogP contribution in [0.2, 0.25) is 17.3 Å². The molecule has 0 aromatic heterocycles. The van der Waals surface area contributed by atoms with Gasteiger partial charge in [-0.2, -0.15) is 0 Å². The number of rotatable bonds is 5. The zero-order chi connectivity index (χ0) is 15.1. The first-order valence-corrected chi connectivity index (χ1v) is 30.4. The summed E-state index contributed by atoms with van der Waals surface area (Å²) in [7, 11) is 11.9. The Morgan fingerprint density at radius 2 is 1.32 bits per heavy atom. The van der Waals surface area contributed by atoms with Crippen molar-refractivity contribution in [2.45, 2.75) is 23.7 Å². The molecule has 0 aliphatic heterocycles. The van der Waals surface area contributed by atoms with E-state index >= 15 is 0 Å². The Morgan fingerprint density at radius 3 is 1.53 bits per heavy atom. The molecule has 0 aromatic carbocycles. The standard InChI is InChI=1S/C5H5.C3H9Ge.3C2H6N.Hf/c1-2-4-5-3-1;1-4(2)3;3*1-3-2;/h1-3H,4H2;1-3H3;3*1-2H3;/q;;3*-1;+3. The van der Waals surface area contributed by atoms with Crippen LogP contribution in [-0.4, -0.2) is 60.5 Å². The predicted molar refractivity (Wildman–Crippen MR) is 86.2 cm³/mol. The molecule has 0 atom stereocenters. The molecule has 3 nitrogen and oxygen atoms in total. The van der Waals surface area contributed by atoms with Crippen LogP contribution < -0.4 is 0 Å². The van der Waals surface area contributed by atoms with E-state index in [9.17, 15) is 0 Å². The second-order valence-electron chi connectivity index (χ2n) is 7.35. The molecule has 1 rings (SSSR count). The van der Waals surface area contributed by atoms with E-state index < -0.39 is 26.4 Å². The van der Waals surface area contributed by atoms with Gasteiger partial charge in [-0.3, -0.25) is 0 Å². The Labute approximate surface area is 122 Å². The Kier molecular flexibility index (Phi) is 5.18. The molecule has 0 bridgehead atoms. The third-order valence-electron chi connectivity index (χ3n) is 5.29. The van der Waals surface area contributed by atoms with Crippen LogP contribution in [0.3, 0.4) is 0 Å². The molecule has 0 fully saturated rings. The zero-order valence-electron chi connectivity index (χ0n) is 14.3. The van der Waals surface area contributed by atoms with E-state index in [0.717, 1.165) is 6.42 Å². The van der Waals surface area contributed by atoms with Gasteiger partial charge in [0.25, 0.3) is 0 Å². The van der Waals surface area contributed by atoms with Gasteiger partial charge >= 0.3 is 123 Å². The van der Waals surface area contributed by atoms with E-state index in [0.29, 0.717) is 0 Å². The number of hydrogen-bond donors (Lipinski definition) is 0. The van der Waals surface area contributed by atoms with E-state index in [4.69, 9.17) is 0 Å². The van der Waals surface area contributed by atoms with E-state index in [2.05, 4.69) is 86.4 Å². The summed E-state index contributed by atoms with van der Waals surface area (Å²) in [4.78, 5) is 0. The molecule has 0 N–H and O–H groups in total. The first-order valence-electron chi connectivity index (χ1n) is 7.07. The molecule has 0 radical (unpaired) electrons. The predicted octanol–water partition coefficient (Wildman–Crippen LogP) is 2.78. The molecule has 19 heavy (non-hydrogen) atoms. The summed E-state index contributed by atoms with van der Waals surface area (Å²) < 4.78 is 9.71. The molecule has 0 aromatic rings. The van der Waals surface area contributed by atoms with E-state index in [1.165, 1.54) is 0 Å². The summed E-state index contributed by atoms with van der Waals surface area (Å²) in [5.74, 6) is 7.82. The normalized spacial score (nSPS) is 19.2. The maximum absolute atomic E-state index is 3.64. The summed E-state index contributed by atoms with van der Waals surface area (Å²) in [5.41, 5.74) is 0. The fraction of sp³-hybridized carbons (Fsp3) is 0.714. The quantitative estimate of drug-likeness (QED) is 0.546. The van der Waals surface area contributed by atoms with Gasteiger partial charge in [0.2, 0.25) is 0 Å². The Balaban J connectivity index is 3.80. The minimum absolute atomic E-state index is 1.15. The first kappa shape index (κ1) is 17.8. The van der Waals surface area contributed by atoms with Crippen molar-refractivity contribution in [2.75, 3.05) is 42.3 Å². The molecular formula is C14H32GeHfN3. The van der Waals surface area contributed by atoms with Crippen molar-refractivity contribution in [3.8, 4) is 0 Å². The van der Waals surface area contributed by atoms with Crippen molar-refractivity contribution >= 4 is 9.55 Å². The van der Waals surface area contributed by atoms with Crippen molar-refractivity contribution in [1.82, 2.24) is 8.66 Å². The number of hydrogen-bond acceptors (Lipinski definition) is 3. The average Bonchev–Trinajstić information content (AvgIpc) is 2.68. The van der Waals surface area contributed by atoms with Crippen LogP contribution in [0.25, 0.3) is 0 Å². The van der Waals surface area contributed by atoms with Gasteiger partial charge in [-0.25, -0.2) is 0 Å². The number of allylic oxidation sites excluding steroid dienone is 4. The Bertz CT molecular complexity index is 381. The second kappa shape index (κ2) is 5.52. The van der Waals surface area contributed by atoms with E-state index in [1.54, 1.807) is 3.33 Å². The molecule has 0 heterocycles. The minimum atomic E-state index is -3.64. The summed E-state index contributed by atoms with van der Waals surface area (Å²) in [5, 5.41) is 0. The third kappa shape index (κ3) is 1.97. The topological polar surface area (TPSA) is 9.72 Å². The van der Waals surface area contributed by atoms with Crippen molar-refractivity contribution in [2.24, 2.45) is 0 Å². The van der Waals surface area contributed by atoms with E-state index in [-0.39, 0.29) is 0 Å². The van der Waals surface area contributed by atoms with Crippen LogP contribution in [-0.2, 0) is 16.9 Å². The van der Waals surface area contributed by atoms with Crippen LogP contribution in [0.15, 0.2) is 21.6 Å². The van der Waals surface area contributed by atoms with Gasteiger partial charge in [0, 0.05) is 0 Å². The van der Waals surface area contributed by atoms with E-state index in [1.807, 2.05) is 0 Å². The van der Waals surface area contributed by atoms with Crippen LogP contribution in [0.4, 0.5) is 0 Å². The second-order valence-corrected chi connectivity index (χ2v) is 80.4. The van der Waals surface area contributed by atoms with Gasteiger partial charge in [0.1, 0.15) is 0 Å². The maximum atomic E-state index is 2.66. The van der Waals surface area contributed by atoms with Crippen LogP contribution in [0.1, 0.15) is 6.42 Å². The average molecular weight is 494 g/mol. The number of nitrogens with zero attached hydrogens (tertiary/aromatic N) is 3. The van der Waals surface area contributed by atoms with Gasteiger partial charge in [-0.1, -0.05) is 0 Å². The summed E-state index contributed by atoms with van der Waals surface area (Å²) in [6.07, 6.45) is 8.16. The van der Waals surface area contributed by atoms with Gasteiger partial charge in [-0.15, -0.1) is 0 Å². The van der Waals surface area contributed by atoms with Crippen LogP contribution >= 0.6 is 0 Å². The molecular weight excluding hydrogens is 461 g/mol. The Morgan fingerprint density at radius 1 is 0.895 bits per heavy atom. The fourth-order valence-electron chi connectivity index (χ4n) is 5.34. The molecule has 1 aliphatic rings. The first-order chi connectivity index (χ1) is 8.54. The summed E-state index contributed by atoms with van der Waals surface area (Å²) >= 11 is -3.64. The van der Waals surface area contributed by atoms with Gasteiger partial charge in [-0.05, 0) is 0 Å². The van der Waals surface area contributed by atoms with Crippen LogP contribution in [0, 0.1) is 0 Å². The van der Waals surface area contributed by atoms with Crippen molar-refractivity contribution < 1.29 is 16.9 Å². The summed E-state index contributed by atoms with van der Waals surface area (Å²) in [6.45, 7) is 0. The molecule has 111 valence electrons. The van der Waals surface area contributed by atoms with Crippen molar-refractivity contribution in [3.05, 3.63) is 21.6 Å². The fourth-order valence-corrected chi connectivity index (χ4v) is 130. The third-order valence-corrected chi connectivity index (χ3v) is 115. The van der Waals surface area contributed by atoms with Crippen LogP contribution in [0.5, 0.6) is 0 Å². The summed E-state index contributed by atoms with van der Waals surface area (Å²) in [6, 6.07) is 0. The van der Waals surface area contributed by atoms with Crippen molar-refractivity contribution in [3.63, 3.8) is 0 Å². The molecule has 0 saturated carbocycles. The molecule has 0 saturated heterocycles.